The number of rotatable bonds is 3. The summed E-state index contributed by atoms with van der Waals surface area (Å²) in [7, 11) is 0. The topological polar surface area (TPSA) is 56.8 Å². The van der Waals surface area contributed by atoms with Crippen LogP contribution in [0.1, 0.15) is 26.3 Å². The van der Waals surface area contributed by atoms with Gasteiger partial charge in [-0.1, -0.05) is 30.3 Å². The average molecular weight is 279 g/mol. The summed E-state index contributed by atoms with van der Waals surface area (Å²) < 4.78 is 16.3. The molecule has 1 aromatic carbocycles. The van der Waals surface area contributed by atoms with Crippen molar-refractivity contribution in [2.45, 2.75) is 45.3 Å². The van der Waals surface area contributed by atoms with Gasteiger partial charge in [0.05, 0.1) is 18.8 Å². The monoisotopic (exact) mass is 279 g/mol. The van der Waals surface area contributed by atoms with Crippen LogP contribution in [0.15, 0.2) is 30.3 Å². The minimum atomic E-state index is -0.606. The number of amides is 1. The molecule has 0 saturated carbocycles. The van der Waals surface area contributed by atoms with E-state index in [0.29, 0.717) is 6.61 Å². The highest BCUT2D eigenvalue weighted by molar-refractivity contribution is 5.67. The Morgan fingerprint density at radius 3 is 2.75 bits per heavy atom. The summed E-state index contributed by atoms with van der Waals surface area (Å²) in [6, 6.07) is 9.35. The van der Waals surface area contributed by atoms with Crippen LogP contribution in [0.5, 0.6) is 0 Å². The quantitative estimate of drug-likeness (QED) is 0.923. The molecule has 5 heteroatoms. The summed E-state index contributed by atoms with van der Waals surface area (Å²) in [5.74, 6) is -0.606. The number of hydrogen-bond donors (Lipinski definition) is 1. The first-order valence-corrected chi connectivity index (χ1v) is 6.75. The third kappa shape index (κ3) is 4.21. The van der Waals surface area contributed by atoms with E-state index in [1.807, 2.05) is 51.1 Å². The Bertz CT molecular complexity index is 446. The largest absolute Gasteiger partial charge is 0.445 e. The van der Waals surface area contributed by atoms with Crippen LogP contribution >= 0.6 is 0 Å². The van der Waals surface area contributed by atoms with E-state index < -0.39 is 11.9 Å². The number of hydrogen-bond acceptors (Lipinski definition) is 4. The third-order valence-corrected chi connectivity index (χ3v) is 3.16. The Hall–Kier alpha value is -1.59. The maximum absolute atomic E-state index is 11.7. The summed E-state index contributed by atoms with van der Waals surface area (Å²) in [6.45, 7) is 6.28. The van der Waals surface area contributed by atoms with Gasteiger partial charge < -0.3 is 19.5 Å². The minimum absolute atomic E-state index is 0.122. The van der Waals surface area contributed by atoms with Gasteiger partial charge in [-0.15, -0.1) is 0 Å². The molecule has 2 atom stereocenters. The number of ether oxygens (including phenoxy) is 3. The van der Waals surface area contributed by atoms with Crippen molar-refractivity contribution in [2.24, 2.45) is 0 Å². The van der Waals surface area contributed by atoms with Crippen LogP contribution < -0.4 is 5.32 Å². The first kappa shape index (κ1) is 14.8. The normalized spacial score (nSPS) is 24.9. The van der Waals surface area contributed by atoms with Gasteiger partial charge in [0.25, 0.3) is 0 Å². The third-order valence-electron chi connectivity index (χ3n) is 3.16. The molecule has 2 rings (SSSR count). The van der Waals surface area contributed by atoms with Crippen LogP contribution in [0.25, 0.3) is 0 Å². The summed E-state index contributed by atoms with van der Waals surface area (Å²) in [5.41, 5.74) is 0.952. The van der Waals surface area contributed by atoms with Crippen molar-refractivity contribution in [3.63, 3.8) is 0 Å². The molecular weight excluding hydrogens is 258 g/mol. The van der Waals surface area contributed by atoms with E-state index in [1.54, 1.807) is 0 Å². The molecule has 20 heavy (non-hydrogen) atoms. The lowest BCUT2D eigenvalue weighted by Gasteiger charge is -2.39. The van der Waals surface area contributed by atoms with E-state index in [2.05, 4.69) is 5.32 Å². The summed E-state index contributed by atoms with van der Waals surface area (Å²) in [4.78, 5) is 11.7. The summed E-state index contributed by atoms with van der Waals surface area (Å²) >= 11 is 0. The molecule has 0 unspecified atom stereocenters. The van der Waals surface area contributed by atoms with Crippen molar-refractivity contribution in [1.82, 2.24) is 5.32 Å². The van der Waals surface area contributed by atoms with Crippen molar-refractivity contribution >= 4 is 6.09 Å². The van der Waals surface area contributed by atoms with E-state index in [9.17, 15) is 4.79 Å². The van der Waals surface area contributed by atoms with Crippen molar-refractivity contribution < 1.29 is 19.0 Å². The van der Waals surface area contributed by atoms with Gasteiger partial charge in [-0.3, -0.25) is 0 Å². The second-order valence-corrected chi connectivity index (χ2v) is 5.35. The lowest BCUT2D eigenvalue weighted by Crippen LogP contribution is -2.54. The van der Waals surface area contributed by atoms with Crippen molar-refractivity contribution in [3.8, 4) is 0 Å². The fourth-order valence-electron chi connectivity index (χ4n) is 2.06. The van der Waals surface area contributed by atoms with Gasteiger partial charge >= 0.3 is 6.09 Å². The zero-order chi connectivity index (χ0) is 14.6. The predicted molar refractivity (Wildman–Crippen MR) is 74.1 cm³/mol. The highest BCUT2D eigenvalue weighted by Crippen LogP contribution is 2.22. The van der Waals surface area contributed by atoms with E-state index in [0.717, 1.165) is 5.56 Å². The molecule has 0 bridgehead atoms. The fourth-order valence-corrected chi connectivity index (χ4v) is 2.06. The minimum Gasteiger partial charge on any atom is -0.445 e. The first-order valence-electron chi connectivity index (χ1n) is 6.75. The van der Waals surface area contributed by atoms with Crippen molar-refractivity contribution in [2.75, 3.05) is 6.61 Å². The number of alkyl carbamates (subject to hydrolysis) is 1. The average Bonchev–Trinajstić information content (AvgIpc) is 2.40. The predicted octanol–water partition coefficient (Wildman–Crippen LogP) is 2.45. The Morgan fingerprint density at radius 1 is 1.40 bits per heavy atom. The molecule has 1 amide bonds. The van der Waals surface area contributed by atoms with E-state index >= 15 is 0 Å². The number of benzene rings is 1. The van der Waals surface area contributed by atoms with Crippen LogP contribution in [0.3, 0.4) is 0 Å². The molecule has 1 aliphatic rings. The molecular formula is C15H21NO4. The number of nitrogens with one attached hydrogen (secondary N) is 1. The van der Waals surface area contributed by atoms with Crippen LogP contribution in [0.4, 0.5) is 4.79 Å². The molecule has 1 fully saturated rings. The fraction of sp³-hybridized carbons (Fsp3) is 0.533. The maximum Gasteiger partial charge on any atom is 0.407 e. The molecule has 1 heterocycles. The van der Waals surface area contributed by atoms with Gasteiger partial charge in [-0.25, -0.2) is 4.79 Å². The molecule has 1 saturated heterocycles. The summed E-state index contributed by atoms with van der Waals surface area (Å²) in [5, 5.41) is 2.77. The van der Waals surface area contributed by atoms with Gasteiger partial charge in [-0.2, -0.15) is 0 Å². The highest BCUT2D eigenvalue weighted by atomic mass is 16.7. The zero-order valence-corrected chi connectivity index (χ0v) is 12.1. The number of carbonyl (C=O) groups is 1. The molecule has 5 nitrogen and oxygen atoms in total. The first-order chi connectivity index (χ1) is 9.46. The van der Waals surface area contributed by atoms with Gasteiger partial charge in [-0.05, 0) is 26.3 Å². The van der Waals surface area contributed by atoms with Gasteiger partial charge in [0.2, 0.25) is 0 Å². The Balaban J connectivity index is 1.77. The van der Waals surface area contributed by atoms with E-state index in [-0.39, 0.29) is 18.8 Å². The molecule has 0 radical (unpaired) electrons. The Labute approximate surface area is 119 Å². The lowest BCUT2D eigenvalue weighted by molar-refractivity contribution is -0.277. The van der Waals surface area contributed by atoms with Crippen LogP contribution in [0, 0.1) is 0 Å². The molecule has 1 aliphatic heterocycles. The van der Waals surface area contributed by atoms with Crippen LogP contribution in [-0.2, 0) is 20.8 Å². The van der Waals surface area contributed by atoms with Crippen molar-refractivity contribution in [3.05, 3.63) is 35.9 Å². The van der Waals surface area contributed by atoms with E-state index in [4.69, 9.17) is 14.2 Å². The summed E-state index contributed by atoms with van der Waals surface area (Å²) in [6.07, 6.45) is -0.583. The standard InChI is InChI=1S/C15H21NO4/c1-11-13(10-19-15(2,3)20-11)16-14(17)18-9-12-7-5-4-6-8-12/h4-8,11,13H,9-10H2,1-3H3,(H,16,17)/t11-,13-/m1/s1. The van der Waals surface area contributed by atoms with E-state index in [1.165, 1.54) is 0 Å². The van der Waals surface area contributed by atoms with Gasteiger partial charge in [0.1, 0.15) is 6.61 Å². The molecule has 1 N–H and O–H groups in total. The van der Waals surface area contributed by atoms with Gasteiger partial charge in [0, 0.05) is 0 Å². The maximum atomic E-state index is 11.7. The Morgan fingerprint density at radius 2 is 2.10 bits per heavy atom. The molecule has 0 spiro atoms. The zero-order valence-electron chi connectivity index (χ0n) is 12.1. The van der Waals surface area contributed by atoms with Crippen LogP contribution in [0.2, 0.25) is 0 Å². The Kier molecular flexibility index (Phi) is 4.62. The molecule has 0 aromatic heterocycles. The molecule has 110 valence electrons. The van der Waals surface area contributed by atoms with Gasteiger partial charge in [0.15, 0.2) is 5.79 Å². The number of carbonyl (C=O) groups excluding carboxylic acids is 1. The molecule has 1 aromatic rings. The lowest BCUT2D eigenvalue weighted by atomic mass is 10.1. The second kappa shape index (κ2) is 6.24. The SMILES string of the molecule is C[C@H]1OC(C)(C)OC[C@H]1NC(=O)OCc1ccccc1. The molecule has 0 aliphatic carbocycles. The van der Waals surface area contributed by atoms with Crippen molar-refractivity contribution in [1.29, 1.82) is 0 Å². The second-order valence-electron chi connectivity index (χ2n) is 5.35. The van der Waals surface area contributed by atoms with Crippen LogP contribution in [-0.4, -0.2) is 30.6 Å². The smallest absolute Gasteiger partial charge is 0.407 e. The highest BCUT2D eigenvalue weighted by Gasteiger charge is 2.34.